The Kier molecular flexibility index (Phi) is 4.03. The SMILES string of the molecule is CN1CCOC(CN)C1c1ccc(Br)c2cccnc12. The lowest BCUT2D eigenvalue weighted by molar-refractivity contribution is -0.0572. The lowest BCUT2D eigenvalue weighted by atomic mass is 9.96. The van der Waals surface area contributed by atoms with E-state index in [1.807, 2.05) is 12.3 Å². The van der Waals surface area contributed by atoms with Gasteiger partial charge in [0.15, 0.2) is 0 Å². The second kappa shape index (κ2) is 5.77. The molecule has 0 radical (unpaired) electrons. The van der Waals surface area contributed by atoms with E-state index < -0.39 is 0 Å². The van der Waals surface area contributed by atoms with Crippen LogP contribution in [-0.2, 0) is 4.74 Å². The van der Waals surface area contributed by atoms with Crippen LogP contribution in [0.3, 0.4) is 0 Å². The fourth-order valence-electron chi connectivity index (χ4n) is 2.90. The Balaban J connectivity index is 2.15. The van der Waals surface area contributed by atoms with Crippen LogP contribution in [0.5, 0.6) is 0 Å². The summed E-state index contributed by atoms with van der Waals surface area (Å²) in [5.41, 5.74) is 8.08. The number of fused-ring (bicyclic) bond motifs is 1. The first-order chi connectivity index (χ1) is 9.72. The van der Waals surface area contributed by atoms with Crippen LogP contribution in [0.4, 0.5) is 0 Å². The number of aromatic nitrogens is 1. The number of nitrogens with two attached hydrogens (primary N) is 1. The van der Waals surface area contributed by atoms with Crippen LogP contribution >= 0.6 is 15.9 Å². The molecule has 4 nitrogen and oxygen atoms in total. The molecule has 1 aliphatic rings. The Morgan fingerprint density at radius 2 is 2.30 bits per heavy atom. The molecule has 0 amide bonds. The molecular weight excluding hydrogens is 318 g/mol. The molecular formula is C15H18BrN3O. The van der Waals surface area contributed by atoms with Gasteiger partial charge in [-0.3, -0.25) is 9.88 Å². The number of benzene rings is 1. The van der Waals surface area contributed by atoms with Crippen LogP contribution in [0, 0.1) is 0 Å². The minimum absolute atomic E-state index is 0.0140. The zero-order valence-electron chi connectivity index (χ0n) is 11.4. The number of morpholine rings is 1. The number of ether oxygens (including phenoxy) is 1. The molecule has 3 rings (SSSR count). The first-order valence-electron chi connectivity index (χ1n) is 6.77. The third-order valence-electron chi connectivity index (χ3n) is 3.90. The average Bonchev–Trinajstić information content (AvgIpc) is 2.48. The van der Waals surface area contributed by atoms with E-state index in [-0.39, 0.29) is 12.1 Å². The summed E-state index contributed by atoms with van der Waals surface area (Å²) in [5, 5.41) is 1.12. The van der Waals surface area contributed by atoms with Crippen LogP contribution in [-0.4, -0.2) is 42.7 Å². The largest absolute Gasteiger partial charge is 0.374 e. The standard InChI is InChI=1S/C15H18BrN3O/c1-19-7-8-20-13(9-17)15(19)11-4-5-12(16)10-3-2-6-18-14(10)11/h2-6,13,15H,7-9,17H2,1H3. The molecule has 1 fully saturated rings. The van der Waals surface area contributed by atoms with Crippen molar-refractivity contribution in [2.24, 2.45) is 5.73 Å². The molecule has 0 spiro atoms. The van der Waals surface area contributed by atoms with Crippen LogP contribution in [0.15, 0.2) is 34.9 Å². The average molecular weight is 336 g/mol. The molecule has 1 saturated heterocycles. The maximum atomic E-state index is 5.89. The normalized spacial score (nSPS) is 24.1. The second-order valence-electron chi connectivity index (χ2n) is 5.11. The van der Waals surface area contributed by atoms with E-state index in [2.05, 4.69) is 51.1 Å². The number of likely N-dealkylation sites (N-methyl/N-ethyl adjacent to an activating group) is 1. The van der Waals surface area contributed by atoms with E-state index >= 15 is 0 Å². The number of rotatable bonds is 2. The Morgan fingerprint density at radius 1 is 1.45 bits per heavy atom. The molecule has 0 saturated carbocycles. The van der Waals surface area contributed by atoms with Crippen LogP contribution in [0.25, 0.3) is 10.9 Å². The van der Waals surface area contributed by atoms with Gasteiger partial charge in [0.25, 0.3) is 0 Å². The quantitative estimate of drug-likeness (QED) is 0.915. The van der Waals surface area contributed by atoms with E-state index in [0.717, 1.165) is 28.5 Å². The van der Waals surface area contributed by atoms with Gasteiger partial charge in [-0.2, -0.15) is 0 Å². The summed E-state index contributed by atoms with van der Waals surface area (Å²) in [7, 11) is 2.12. The van der Waals surface area contributed by atoms with Crippen molar-refractivity contribution in [1.82, 2.24) is 9.88 Å². The van der Waals surface area contributed by atoms with Gasteiger partial charge in [-0.25, -0.2) is 0 Å². The first kappa shape index (κ1) is 13.9. The Hall–Kier alpha value is -1.01. The fourth-order valence-corrected chi connectivity index (χ4v) is 3.35. The molecule has 0 aliphatic carbocycles. The number of hydrogen-bond donors (Lipinski definition) is 1. The Morgan fingerprint density at radius 3 is 3.10 bits per heavy atom. The van der Waals surface area contributed by atoms with Gasteiger partial charge in [0.1, 0.15) is 0 Å². The third-order valence-corrected chi connectivity index (χ3v) is 4.59. The monoisotopic (exact) mass is 335 g/mol. The second-order valence-corrected chi connectivity index (χ2v) is 5.96. The maximum Gasteiger partial charge on any atom is 0.0895 e. The van der Waals surface area contributed by atoms with E-state index in [9.17, 15) is 0 Å². The number of hydrogen-bond acceptors (Lipinski definition) is 4. The van der Waals surface area contributed by atoms with Gasteiger partial charge in [0.05, 0.1) is 24.3 Å². The minimum atomic E-state index is 0.0140. The Bertz CT molecular complexity index is 619. The van der Waals surface area contributed by atoms with Gasteiger partial charge in [-0.05, 0) is 24.7 Å². The lowest BCUT2D eigenvalue weighted by Gasteiger charge is -2.39. The van der Waals surface area contributed by atoms with Gasteiger partial charge in [-0.15, -0.1) is 0 Å². The van der Waals surface area contributed by atoms with Crippen molar-refractivity contribution in [3.05, 3.63) is 40.5 Å². The highest BCUT2D eigenvalue weighted by Gasteiger charge is 2.32. The van der Waals surface area contributed by atoms with Crippen LogP contribution in [0.1, 0.15) is 11.6 Å². The highest BCUT2D eigenvalue weighted by atomic mass is 79.9. The van der Waals surface area contributed by atoms with Gasteiger partial charge in [-0.1, -0.05) is 28.1 Å². The zero-order chi connectivity index (χ0) is 14.1. The molecule has 1 aromatic heterocycles. The lowest BCUT2D eigenvalue weighted by Crippen LogP contribution is -2.46. The summed E-state index contributed by atoms with van der Waals surface area (Å²) in [5.74, 6) is 0. The summed E-state index contributed by atoms with van der Waals surface area (Å²) in [4.78, 5) is 6.87. The molecule has 1 aromatic carbocycles. The minimum Gasteiger partial charge on any atom is -0.374 e. The Labute approximate surface area is 127 Å². The summed E-state index contributed by atoms with van der Waals surface area (Å²) in [6.07, 6.45) is 1.85. The summed E-state index contributed by atoms with van der Waals surface area (Å²) in [6, 6.07) is 8.39. The topological polar surface area (TPSA) is 51.4 Å². The van der Waals surface area contributed by atoms with Gasteiger partial charge >= 0.3 is 0 Å². The summed E-state index contributed by atoms with van der Waals surface area (Å²) >= 11 is 3.59. The number of pyridine rings is 1. The molecule has 1 aliphatic heterocycles. The summed E-state index contributed by atoms with van der Waals surface area (Å²) < 4.78 is 6.90. The van der Waals surface area contributed by atoms with E-state index in [0.29, 0.717) is 6.54 Å². The molecule has 2 unspecified atom stereocenters. The number of nitrogens with zero attached hydrogens (tertiary/aromatic N) is 2. The third kappa shape index (κ3) is 2.35. The van der Waals surface area contributed by atoms with Crippen molar-refractivity contribution in [1.29, 1.82) is 0 Å². The molecule has 0 bridgehead atoms. The van der Waals surface area contributed by atoms with E-state index in [1.165, 1.54) is 5.56 Å². The number of halogens is 1. The van der Waals surface area contributed by atoms with Crippen LogP contribution in [0.2, 0.25) is 0 Å². The molecule has 5 heteroatoms. The fraction of sp³-hybridized carbons (Fsp3) is 0.400. The molecule has 106 valence electrons. The molecule has 2 aromatic rings. The van der Waals surface area contributed by atoms with Crippen molar-refractivity contribution in [2.75, 3.05) is 26.7 Å². The summed E-state index contributed by atoms with van der Waals surface area (Å²) in [6.45, 7) is 2.15. The van der Waals surface area contributed by atoms with Crippen molar-refractivity contribution in [3.63, 3.8) is 0 Å². The predicted molar refractivity (Wildman–Crippen MR) is 83.6 cm³/mol. The van der Waals surface area contributed by atoms with E-state index in [4.69, 9.17) is 10.5 Å². The van der Waals surface area contributed by atoms with E-state index in [1.54, 1.807) is 0 Å². The van der Waals surface area contributed by atoms with Crippen molar-refractivity contribution >= 4 is 26.8 Å². The highest BCUT2D eigenvalue weighted by Crippen LogP contribution is 2.34. The van der Waals surface area contributed by atoms with Gasteiger partial charge < -0.3 is 10.5 Å². The highest BCUT2D eigenvalue weighted by molar-refractivity contribution is 9.10. The molecule has 20 heavy (non-hydrogen) atoms. The smallest absolute Gasteiger partial charge is 0.0895 e. The van der Waals surface area contributed by atoms with Crippen molar-refractivity contribution in [3.8, 4) is 0 Å². The first-order valence-corrected chi connectivity index (χ1v) is 7.56. The molecule has 2 atom stereocenters. The molecule has 2 N–H and O–H groups in total. The van der Waals surface area contributed by atoms with Crippen LogP contribution < -0.4 is 5.73 Å². The van der Waals surface area contributed by atoms with Gasteiger partial charge in [0, 0.05) is 29.1 Å². The predicted octanol–water partition coefficient (Wildman–Crippen LogP) is 2.33. The maximum absolute atomic E-state index is 5.89. The van der Waals surface area contributed by atoms with Crippen molar-refractivity contribution in [2.45, 2.75) is 12.1 Å². The molecule has 2 heterocycles. The zero-order valence-corrected chi connectivity index (χ0v) is 13.0. The van der Waals surface area contributed by atoms with Crippen molar-refractivity contribution < 1.29 is 4.74 Å². The van der Waals surface area contributed by atoms with Gasteiger partial charge in [0.2, 0.25) is 0 Å².